The molecule has 3 nitrogen and oxygen atoms in total. The molecule has 0 saturated carbocycles. The Hall–Kier alpha value is -0.860. The molecule has 0 bridgehead atoms. The minimum Gasteiger partial charge on any atom is -0.393 e. The molecule has 0 spiro atoms. The number of ether oxygens (including phenoxy) is 1. The number of hydrogen-bond acceptors (Lipinski definition) is 3. The average molecular weight is 226 g/mol. The molecule has 1 fully saturated rings. The van der Waals surface area contributed by atoms with E-state index in [9.17, 15) is 9.59 Å². The van der Waals surface area contributed by atoms with E-state index in [2.05, 4.69) is 0 Å². The molecule has 0 radical (unpaired) electrons. The quantitative estimate of drug-likeness (QED) is 0.537. The summed E-state index contributed by atoms with van der Waals surface area (Å²) in [5, 5.41) is 0. The summed E-state index contributed by atoms with van der Waals surface area (Å²) >= 11 is 0. The highest BCUT2D eigenvalue weighted by Crippen LogP contribution is 2.47. The van der Waals surface area contributed by atoms with Gasteiger partial charge in [0.05, 0.1) is 11.8 Å². The predicted octanol–water partition coefficient (Wildman–Crippen LogP) is 2.78. The summed E-state index contributed by atoms with van der Waals surface area (Å²) in [6, 6.07) is 0. The monoisotopic (exact) mass is 226 g/mol. The zero-order valence-corrected chi connectivity index (χ0v) is 11.1. The molecule has 0 amide bonds. The maximum Gasteiger partial charge on any atom is 0.318 e. The van der Waals surface area contributed by atoms with Crippen molar-refractivity contribution in [3.63, 3.8) is 0 Å². The second kappa shape index (κ2) is 3.86. The van der Waals surface area contributed by atoms with Crippen LogP contribution in [0.2, 0.25) is 0 Å². The van der Waals surface area contributed by atoms with E-state index in [1.54, 1.807) is 0 Å². The van der Waals surface area contributed by atoms with Gasteiger partial charge in [-0.25, -0.2) is 0 Å². The minimum atomic E-state index is -0.357. The number of cyclic esters (lactones) is 2. The zero-order chi connectivity index (χ0) is 12.7. The Labute approximate surface area is 97.5 Å². The van der Waals surface area contributed by atoms with Crippen LogP contribution in [-0.2, 0) is 14.3 Å². The molecule has 2 unspecified atom stereocenters. The Bertz CT molecular complexity index is 310. The highest BCUT2D eigenvalue weighted by molar-refractivity contribution is 5.97. The summed E-state index contributed by atoms with van der Waals surface area (Å²) in [5.41, 5.74) is -0.429. The van der Waals surface area contributed by atoms with Crippen LogP contribution in [0.4, 0.5) is 0 Å². The van der Waals surface area contributed by atoms with E-state index >= 15 is 0 Å². The van der Waals surface area contributed by atoms with Gasteiger partial charge >= 0.3 is 11.9 Å². The van der Waals surface area contributed by atoms with E-state index in [1.807, 2.05) is 41.5 Å². The fourth-order valence-electron chi connectivity index (χ4n) is 2.34. The van der Waals surface area contributed by atoms with Crippen LogP contribution in [0.3, 0.4) is 0 Å². The number of hydrogen-bond donors (Lipinski definition) is 0. The van der Waals surface area contributed by atoms with E-state index in [4.69, 9.17) is 4.74 Å². The highest BCUT2D eigenvalue weighted by atomic mass is 16.6. The van der Waals surface area contributed by atoms with Crippen LogP contribution in [0.15, 0.2) is 0 Å². The summed E-state index contributed by atoms with van der Waals surface area (Å²) in [4.78, 5) is 23.6. The van der Waals surface area contributed by atoms with Crippen molar-refractivity contribution >= 4 is 11.9 Å². The van der Waals surface area contributed by atoms with Crippen molar-refractivity contribution in [3.05, 3.63) is 0 Å². The van der Waals surface area contributed by atoms with Crippen molar-refractivity contribution in [1.82, 2.24) is 0 Å². The van der Waals surface area contributed by atoms with Crippen LogP contribution in [0.5, 0.6) is 0 Å². The molecule has 1 rings (SSSR count). The fraction of sp³-hybridized carbons (Fsp3) is 0.846. The maximum absolute atomic E-state index is 11.8. The predicted molar refractivity (Wildman–Crippen MR) is 61.6 cm³/mol. The van der Waals surface area contributed by atoms with Gasteiger partial charge in [-0.1, -0.05) is 48.0 Å². The molecule has 1 aliphatic heterocycles. The molecule has 0 aliphatic carbocycles. The molecular weight excluding hydrogens is 204 g/mol. The molecule has 1 saturated heterocycles. The standard InChI is InChI=1S/C13H22O3/c1-7-13(5,6)9-8(12(2,3)4)10(14)16-11(9)15/h8-9H,7H2,1-6H3. The Morgan fingerprint density at radius 1 is 1.00 bits per heavy atom. The van der Waals surface area contributed by atoms with Crippen molar-refractivity contribution in [2.75, 3.05) is 0 Å². The van der Waals surface area contributed by atoms with Crippen LogP contribution < -0.4 is 0 Å². The summed E-state index contributed by atoms with van der Waals surface area (Å²) < 4.78 is 4.82. The lowest BCUT2D eigenvalue weighted by Crippen LogP contribution is -2.39. The van der Waals surface area contributed by atoms with Crippen molar-refractivity contribution in [2.45, 2.75) is 48.0 Å². The number of rotatable bonds is 2. The lowest BCUT2D eigenvalue weighted by Gasteiger charge is -2.36. The van der Waals surface area contributed by atoms with E-state index < -0.39 is 0 Å². The molecule has 0 N–H and O–H groups in total. The Morgan fingerprint density at radius 2 is 1.44 bits per heavy atom. The van der Waals surface area contributed by atoms with Gasteiger partial charge in [-0.05, 0) is 10.8 Å². The maximum atomic E-state index is 11.8. The smallest absolute Gasteiger partial charge is 0.318 e. The molecule has 0 aromatic rings. The molecule has 92 valence electrons. The van der Waals surface area contributed by atoms with Gasteiger partial charge in [0.1, 0.15) is 0 Å². The first-order chi connectivity index (χ1) is 7.11. The third-order valence-electron chi connectivity index (χ3n) is 3.73. The average Bonchev–Trinajstić information content (AvgIpc) is 2.40. The van der Waals surface area contributed by atoms with Crippen LogP contribution in [0.1, 0.15) is 48.0 Å². The third kappa shape index (κ3) is 2.13. The molecule has 1 heterocycles. The van der Waals surface area contributed by atoms with E-state index in [1.165, 1.54) is 0 Å². The highest BCUT2D eigenvalue weighted by Gasteiger charge is 2.55. The molecule has 3 heteroatoms. The topological polar surface area (TPSA) is 43.4 Å². The van der Waals surface area contributed by atoms with E-state index in [0.717, 1.165) is 6.42 Å². The molecule has 1 aliphatic rings. The largest absolute Gasteiger partial charge is 0.393 e. The van der Waals surface area contributed by atoms with Crippen molar-refractivity contribution < 1.29 is 14.3 Å². The summed E-state index contributed by atoms with van der Waals surface area (Å²) in [5.74, 6) is -1.35. The van der Waals surface area contributed by atoms with Gasteiger partial charge in [0.15, 0.2) is 0 Å². The van der Waals surface area contributed by atoms with E-state index in [-0.39, 0.29) is 34.6 Å². The fourth-order valence-corrected chi connectivity index (χ4v) is 2.34. The summed E-state index contributed by atoms with van der Waals surface area (Å²) in [6.07, 6.45) is 0.854. The van der Waals surface area contributed by atoms with Crippen LogP contribution in [0, 0.1) is 22.7 Å². The third-order valence-corrected chi connectivity index (χ3v) is 3.73. The molecule has 16 heavy (non-hydrogen) atoms. The lowest BCUT2D eigenvalue weighted by atomic mass is 9.64. The first-order valence-electron chi connectivity index (χ1n) is 5.87. The number of carbonyl (C=O) groups is 2. The van der Waals surface area contributed by atoms with Gasteiger partial charge in [0.25, 0.3) is 0 Å². The van der Waals surface area contributed by atoms with Gasteiger partial charge < -0.3 is 4.74 Å². The van der Waals surface area contributed by atoms with Crippen molar-refractivity contribution in [2.24, 2.45) is 22.7 Å². The minimum absolute atomic E-state index is 0.193. The van der Waals surface area contributed by atoms with Gasteiger partial charge in [-0.15, -0.1) is 0 Å². The van der Waals surface area contributed by atoms with Gasteiger partial charge in [-0.2, -0.15) is 0 Å². The van der Waals surface area contributed by atoms with Crippen LogP contribution in [-0.4, -0.2) is 11.9 Å². The van der Waals surface area contributed by atoms with Crippen molar-refractivity contribution in [3.8, 4) is 0 Å². The van der Waals surface area contributed by atoms with Gasteiger partial charge in [0.2, 0.25) is 0 Å². The Balaban J connectivity index is 3.14. The molecule has 0 aromatic heterocycles. The lowest BCUT2D eigenvalue weighted by molar-refractivity contribution is -0.155. The zero-order valence-electron chi connectivity index (χ0n) is 11.1. The SMILES string of the molecule is CCC(C)(C)C1C(=O)OC(=O)C1C(C)(C)C. The summed E-state index contributed by atoms with van der Waals surface area (Å²) in [6.45, 7) is 12.0. The van der Waals surface area contributed by atoms with Crippen LogP contribution in [0.25, 0.3) is 0 Å². The molecule has 0 aromatic carbocycles. The molecule has 2 atom stereocenters. The van der Waals surface area contributed by atoms with Crippen molar-refractivity contribution in [1.29, 1.82) is 0 Å². The summed E-state index contributed by atoms with van der Waals surface area (Å²) in [7, 11) is 0. The number of carbonyl (C=O) groups excluding carboxylic acids is 2. The second-order valence-electron chi connectivity index (χ2n) is 6.40. The Kier molecular flexibility index (Phi) is 3.19. The van der Waals surface area contributed by atoms with Crippen LogP contribution >= 0.6 is 0 Å². The first-order valence-corrected chi connectivity index (χ1v) is 5.87. The Morgan fingerprint density at radius 3 is 1.81 bits per heavy atom. The number of esters is 2. The first kappa shape index (κ1) is 13.2. The van der Waals surface area contributed by atoms with E-state index in [0.29, 0.717) is 0 Å². The molecular formula is C13H22O3. The van der Waals surface area contributed by atoms with Gasteiger partial charge in [0, 0.05) is 0 Å². The van der Waals surface area contributed by atoms with Gasteiger partial charge in [-0.3, -0.25) is 9.59 Å². The normalized spacial score (nSPS) is 27.1. The second-order valence-corrected chi connectivity index (χ2v) is 6.40.